The number of thiophene rings is 1. The van der Waals surface area contributed by atoms with Gasteiger partial charge in [0.1, 0.15) is 0 Å². The Bertz CT molecular complexity index is 773. The van der Waals surface area contributed by atoms with Crippen LogP contribution in [-0.2, 0) is 6.18 Å². The summed E-state index contributed by atoms with van der Waals surface area (Å²) < 4.78 is 37.6. The maximum Gasteiger partial charge on any atom is 0.416 e. The van der Waals surface area contributed by atoms with Gasteiger partial charge >= 0.3 is 6.18 Å². The molecule has 152 valence electrons. The second-order valence-electron chi connectivity index (χ2n) is 6.17. The first-order valence-corrected chi connectivity index (χ1v) is 9.67. The minimum atomic E-state index is -4.41. The molecule has 5 nitrogen and oxygen atoms in total. The average Bonchev–Trinajstić information content (AvgIpc) is 3.21. The summed E-state index contributed by atoms with van der Waals surface area (Å²) in [5.41, 5.74) is 0.661. The number of aliphatic imine (C=N–C) groups is 1. The maximum absolute atomic E-state index is 12.5. The second-order valence-corrected chi connectivity index (χ2v) is 6.95. The van der Waals surface area contributed by atoms with Crippen molar-refractivity contribution < 1.29 is 18.0 Å². The van der Waals surface area contributed by atoms with Gasteiger partial charge in [-0.25, -0.2) is 0 Å². The molecule has 0 aliphatic carbocycles. The van der Waals surface area contributed by atoms with Crippen molar-refractivity contribution >= 4 is 23.2 Å². The van der Waals surface area contributed by atoms with E-state index < -0.39 is 17.6 Å². The van der Waals surface area contributed by atoms with E-state index in [1.807, 2.05) is 5.38 Å². The maximum atomic E-state index is 12.5. The van der Waals surface area contributed by atoms with Gasteiger partial charge in [-0.3, -0.25) is 9.79 Å². The highest BCUT2D eigenvalue weighted by atomic mass is 32.1. The molecule has 0 saturated carbocycles. The SMILES string of the molecule is CN=C(NCCNC(=O)c1ccc(C(F)(F)F)cc1)NCC(C)c1ccsc1. The van der Waals surface area contributed by atoms with Crippen molar-refractivity contribution in [2.24, 2.45) is 4.99 Å². The number of nitrogens with one attached hydrogen (secondary N) is 3. The van der Waals surface area contributed by atoms with Gasteiger partial charge in [0.05, 0.1) is 5.56 Å². The van der Waals surface area contributed by atoms with Crippen LogP contribution in [0.4, 0.5) is 13.2 Å². The summed E-state index contributed by atoms with van der Waals surface area (Å²) >= 11 is 1.66. The molecule has 0 aliphatic heterocycles. The Labute approximate surface area is 166 Å². The van der Waals surface area contributed by atoms with Crippen LogP contribution in [-0.4, -0.2) is 38.5 Å². The molecule has 0 saturated heterocycles. The zero-order chi connectivity index (χ0) is 20.6. The summed E-state index contributed by atoms with van der Waals surface area (Å²) in [5.74, 6) is 0.527. The molecule has 0 fully saturated rings. The third-order valence-electron chi connectivity index (χ3n) is 4.09. The van der Waals surface area contributed by atoms with Gasteiger partial charge in [-0.15, -0.1) is 0 Å². The van der Waals surface area contributed by atoms with Crippen molar-refractivity contribution in [1.82, 2.24) is 16.0 Å². The van der Waals surface area contributed by atoms with E-state index >= 15 is 0 Å². The summed E-state index contributed by atoms with van der Waals surface area (Å²) in [5, 5.41) is 13.1. The zero-order valence-corrected chi connectivity index (χ0v) is 16.5. The number of amides is 1. The number of hydrogen-bond donors (Lipinski definition) is 3. The van der Waals surface area contributed by atoms with Crippen molar-refractivity contribution in [1.29, 1.82) is 0 Å². The van der Waals surface area contributed by atoms with E-state index in [4.69, 9.17) is 0 Å². The van der Waals surface area contributed by atoms with Crippen molar-refractivity contribution in [3.05, 3.63) is 57.8 Å². The van der Waals surface area contributed by atoms with Gasteiger partial charge in [-0.2, -0.15) is 24.5 Å². The number of nitrogens with zero attached hydrogens (tertiary/aromatic N) is 1. The molecular weight excluding hydrogens is 389 g/mol. The van der Waals surface area contributed by atoms with Gasteiger partial charge in [0, 0.05) is 32.2 Å². The van der Waals surface area contributed by atoms with E-state index in [1.165, 1.54) is 5.56 Å². The first-order valence-electron chi connectivity index (χ1n) is 8.73. The fourth-order valence-electron chi connectivity index (χ4n) is 2.41. The predicted octanol–water partition coefficient (Wildman–Crippen LogP) is 3.47. The highest BCUT2D eigenvalue weighted by molar-refractivity contribution is 7.07. The Morgan fingerprint density at radius 1 is 1.11 bits per heavy atom. The molecule has 1 aromatic heterocycles. The second kappa shape index (κ2) is 10.1. The first kappa shape index (κ1) is 21.7. The minimum absolute atomic E-state index is 0.181. The summed E-state index contributed by atoms with van der Waals surface area (Å²) in [6, 6.07) is 6.21. The monoisotopic (exact) mass is 412 g/mol. The molecule has 3 N–H and O–H groups in total. The van der Waals surface area contributed by atoms with E-state index in [0.29, 0.717) is 31.5 Å². The normalized spacial score (nSPS) is 13.1. The van der Waals surface area contributed by atoms with Gasteiger partial charge in [-0.1, -0.05) is 6.92 Å². The van der Waals surface area contributed by atoms with Crippen LogP contribution in [0, 0.1) is 0 Å². The molecule has 1 atom stereocenters. The lowest BCUT2D eigenvalue weighted by Gasteiger charge is -2.15. The average molecular weight is 412 g/mol. The number of halogens is 3. The summed E-state index contributed by atoms with van der Waals surface area (Å²) in [4.78, 5) is 16.1. The molecule has 0 bridgehead atoms. The number of guanidine groups is 1. The minimum Gasteiger partial charge on any atom is -0.356 e. The van der Waals surface area contributed by atoms with Crippen LogP contribution in [0.15, 0.2) is 46.1 Å². The van der Waals surface area contributed by atoms with Gasteiger partial charge in [-0.05, 0) is 52.6 Å². The fraction of sp³-hybridized carbons (Fsp3) is 0.368. The molecular formula is C19H23F3N4OS. The molecule has 9 heteroatoms. The van der Waals surface area contributed by atoms with Crippen LogP contribution in [0.3, 0.4) is 0 Å². The van der Waals surface area contributed by atoms with E-state index in [9.17, 15) is 18.0 Å². The molecule has 0 aliphatic rings. The van der Waals surface area contributed by atoms with Crippen molar-refractivity contribution in [3.63, 3.8) is 0 Å². The summed E-state index contributed by atoms with van der Waals surface area (Å²) in [7, 11) is 1.66. The topological polar surface area (TPSA) is 65.5 Å². The molecule has 1 amide bonds. The molecule has 28 heavy (non-hydrogen) atoms. The van der Waals surface area contributed by atoms with Crippen molar-refractivity contribution in [2.45, 2.75) is 19.0 Å². The highest BCUT2D eigenvalue weighted by Crippen LogP contribution is 2.29. The summed E-state index contributed by atoms with van der Waals surface area (Å²) in [6.45, 7) is 3.57. The number of carbonyl (C=O) groups excluding carboxylic acids is 1. The molecule has 2 rings (SSSR count). The number of hydrogen-bond acceptors (Lipinski definition) is 3. The van der Waals surface area contributed by atoms with Crippen LogP contribution in [0.1, 0.15) is 34.3 Å². The Morgan fingerprint density at radius 2 is 1.79 bits per heavy atom. The van der Waals surface area contributed by atoms with Gasteiger partial charge in [0.2, 0.25) is 0 Å². The number of benzene rings is 1. The molecule has 1 aromatic carbocycles. The highest BCUT2D eigenvalue weighted by Gasteiger charge is 2.30. The predicted molar refractivity (Wildman–Crippen MR) is 106 cm³/mol. The van der Waals surface area contributed by atoms with E-state index in [2.05, 4.69) is 39.3 Å². The Morgan fingerprint density at radius 3 is 2.36 bits per heavy atom. The molecule has 2 aromatic rings. The van der Waals surface area contributed by atoms with Gasteiger partial charge in [0.25, 0.3) is 5.91 Å². The van der Waals surface area contributed by atoms with Gasteiger partial charge < -0.3 is 16.0 Å². The number of rotatable bonds is 7. The first-order chi connectivity index (χ1) is 13.3. The smallest absolute Gasteiger partial charge is 0.356 e. The lowest BCUT2D eigenvalue weighted by atomic mass is 10.1. The van der Waals surface area contributed by atoms with Crippen LogP contribution in [0.25, 0.3) is 0 Å². The lowest BCUT2D eigenvalue weighted by Crippen LogP contribution is -2.42. The largest absolute Gasteiger partial charge is 0.416 e. The number of alkyl halides is 3. The van der Waals surface area contributed by atoms with Crippen LogP contribution in [0.2, 0.25) is 0 Å². The van der Waals surface area contributed by atoms with E-state index in [1.54, 1.807) is 18.4 Å². The quantitative estimate of drug-likeness (QED) is 0.371. The molecule has 0 spiro atoms. The Kier molecular flexibility index (Phi) is 7.86. The Hall–Kier alpha value is -2.55. The van der Waals surface area contributed by atoms with Gasteiger partial charge in [0.15, 0.2) is 5.96 Å². The Balaban J connectivity index is 1.71. The third kappa shape index (κ3) is 6.56. The molecule has 1 heterocycles. The molecule has 1 unspecified atom stereocenters. The van der Waals surface area contributed by atoms with Crippen molar-refractivity contribution in [3.8, 4) is 0 Å². The van der Waals surface area contributed by atoms with Crippen LogP contribution in [0.5, 0.6) is 0 Å². The van der Waals surface area contributed by atoms with Crippen LogP contribution < -0.4 is 16.0 Å². The standard InChI is InChI=1S/C19H23F3N4OS/c1-13(15-7-10-28-12-15)11-26-18(23-2)25-9-8-24-17(27)14-3-5-16(6-4-14)19(20,21)22/h3-7,10,12-13H,8-9,11H2,1-2H3,(H,24,27)(H2,23,25,26). The zero-order valence-electron chi connectivity index (χ0n) is 15.6. The van der Waals surface area contributed by atoms with E-state index in [-0.39, 0.29) is 5.56 Å². The van der Waals surface area contributed by atoms with E-state index in [0.717, 1.165) is 24.3 Å². The van der Waals surface area contributed by atoms with Crippen molar-refractivity contribution in [2.75, 3.05) is 26.7 Å². The summed E-state index contributed by atoms with van der Waals surface area (Å²) in [6.07, 6.45) is -4.41. The lowest BCUT2D eigenvalue weighted by molar-refractivity contribution is -0.137. The molecule has 0 radical (unpaired) electrons. The fourth-order valence-corrected chi connectivity index (χ4v) is 3.20. The number of carbonyl (C=O) groups is 1. The van der Waals surface area contributed by atoms with Crippen LogP contribution >= 0.6 is 11.3 Å². The third-order valence-corrected chi connectivity index (χ3v) is 4.79.